The van der Waals surface area contributed by atoms with Crippen LogP contribution in [0.3, 0.4) is 0 Å². The van der Waals surface area contributed by atoms with E-state index in [-0.39, 0.29) is 22.6 Å². The van der Waals surface area contributed by atoms with Crippen LogP contribution < -0.4 is 0 Å². The summed E-state index contributed by atoms with van der Waals surface area (Å²) >= 11 is 25.7. The lowest BCUT2D eigenvalue weighted by atomic mass is 9.89. The predicted octanol–water partition coefficient (Wildman–Crippen LogP) is 3.04. The lowest BCUT2D eigenvalue weighted by Crippen LogP contribution is -2.57. The van der Waals surface area contributed by atoms with Gasteiger partial charge in [0.1, 0.15) is 9.75 Å². The Morgan fingerprint density at radius 1 is 1.22 bits per heavy atom. The van der Waals surface area contributed by atoms with Gasteiger partial charge in [-0.2, -0.15) is 0 Å². The van der Waals surface area contributed by atoms with Gasteiger partial charge in [0.15, 0.2) is 0 Å². The van der Waals surface area contributed by atoms with E-state index in [9.17, 15) is 0 Å². The van der Waals surface area contributed by atoms with Crippen LogP contribution in [-0.4, -0.2) is 41.5 Å². The zero-order valence-corrected chi connectivity index (χ0v) is 13.0. The molecule has 2 aliphatic rings. The molecule has 7 heteroatoms. The summed E-state index contributed by atoms with van der Waals surface area (Å²) in [6.45, 7) is -0.0165. The van der Waals surface area contributed by atoms with Crippen molar-refractivity contribution in [3.63, 3.8) is 0 Å². The molecule has 18 heavy (non-hydrogen) atoms. The van der Waals surface area contributed by atoms with Gasteiger partial charge in [0, 0.05) is 20.8 Å². The Hall–Kier alpha value is 0.780. The Kier molecular flexibility index (Phi) is 3.93. The van der Waals surface area contributed by atoms with E-state index in [1.165, 1.54) is 14.2 Å². The molecular formula is C11H14Cl4O3. The van der Waals surface area contributed by atoms with E-state index in [1.54, 1.807) is 0 Å². The molecule has 0 aromatic heterocycles. The topological polar surface area (TPSA) is 38.7 Å². The van der Waals surface area contributed by atoms with Crippen LogP contribution in [0.5, 0.6) is 0 Å². The molecule has 0 heterocycles. The van der Waals surface area contributed by atoms with Gasteiger partial charge in [0.2, 0.25) is 5.79 Å². The van der Waals surface area contributed by atoms with Crippen LogP contribution in [0.4, 0.5) is 0 Å². The van der Waals surface area contributed by atoms with Crippen molar-refractivity contribution in [1.82, 2.24) is 0 Å². The highest BCUT2D eigenvalue weighted by molar-refractivity contribution is 6.51. The van der Waals surface area contributed by atoms with Crippen LogP contribution in [-0.2, 0) is 9.47 Å². The van der Waals surface area contributed by atoms with E-state index < -0.39 is 15.5 Å². The quantitative estimate of drug-likeness (QED) is 0.634. The Bertz CT molecular complexity index is 396. The lowest BCUT2D eigenvalue weighted by molar-refractivity contribution is -0.219. The normalized spacial score (nSPS) is 41.8. The molecule has 0 spiro atoms. The molecule has 0 unspecified atom stereocenters. The van der Waals surface area contributed by atoms with Crippen LogP contribution in [0.1, 0.15) is 12.8 Å². The summed E-state index contributed by atoms with van der Waals surface area (Å²) in [6, 6.07) is 0. The van der Waals surface area contributed by atoms with E-state index in [1.807, 2.05) is 0 Å². The average Bonchev–Trinajstić information content (AvgIpc) is 2.61. The van der Waals surface area contributed by atoms with Gasteiger partial charge in [-0.1, -0.05) is 23.2 Å². The fraction of sp³-hybridized carbons (Fsp3) is 0.818. The number of fused-ring (bicyclic) bond motifs is 2. The van der Waals surface area contributed by atoms with E-state index in [2.05, 4.69) is 0 Å². The van der Waals surface area contributed by atoms with Crippen LogP contribution in [0.25, 0.3) is 0 Å². The van der Waals surface area contributed by atoms with Crippen molar-refractivity contribution in [3.05, 3.63) is 10.1 Å². The summed E-state index contributed by atoms with van der Waals surface area (Å²) in [6.07, 6.45) is 0.891. The van der Waals surface area contributed by atoms with Gasteiger partial charge >= 0.3 is 0 Å². The van der Waals surface area contributed by atoms with Gasteiger partial charge in [0.25, 0.3) is 0 Å². The standard InChI is InChI=1S/C11H14Cl4O3/c1-17-11(18-2)9(14)5-6(3-4-16)10(11,15)8(13)7(9)12/h6,16H,3-5H2,1-2H3/t6-,9+,10-/m0/s1. The molecule has 0 aromatic carbocycles. The second kappa shape index (κ2) is 4.66. The fourth-order valence-corrected chi connectivity index (χ4v) is 5.34. The van der Waals surface area contributed by atoms with Gasteiger partial charge < -0.3 is 14.6 Å². The highest BCUT2D eigenvalue weighted by Gasteiger charge is 2.80. The number of halogens is 4. The molecule has 0 radical (unpaired) electrons. The van der Waals surface area contributed by atoms with Crippen LogP contribution in [0.15, 0.2) is 10.1 Å². The third-order valence-electron chi connectivity index (χ3n) is 4.00. The average molecular weight is 336 g/mol. The van der Waals surface area contributed by atoms with Gasteiger partial charge in [0.05, 0.1) is 10.1 Å². The first-order valence-electron chi connectivity index (χ1n) is 5.51. The largest absolute Gasteiger partial charge is 0.396 e. The number of aliphatic hydroxyl groups excluding tert-OH is 1. The molecule has 3 nitrogen and oxygen atoms in total. The molecule has 1 saturated carbocycles. The Morgan fingerprint density at radius 2 is 1.78 bits per heavy atom. The number of hydrogen-bond donors (Lipinski definition) is 1. The molecule has 2 rings (SSSR count). The van der Waals surface area contributed by atoms with E-state index in [4.69, 9.17) is 61.0 Å². The third kappa shape index (κ3) is 1.39. The zero-order chi connectivity index (χ0) is 13.8. The Labute approximate surface area is 126 Å². The van der Waals surface area contributed by atoms with Crippen molar-refractivity contribution in [2.45, 2.75) is 28.4 Å². The van der Waals surface area contributed by atoms with Crippen molar-refractivity contribution in [2.24, 2.45) is 5.92 Å². The first-order valence-corrected chi connectivity index (χ1v) is 7.02. The van der Waals surface area contributed by atoms with Crippen molar-refractivity contribution in [1.29, 1.82) is 0 Å². The van der Waals surface area contributed by atoms with Gasteiger partial charge in [-0.05, 0) is 18.8 Å². The summed E-state index contributed by atoms with van der Waals surface area (Å²) in [4.78, 5) is -2.28. The number of methoxy groups -OCH3 is 2. The van der Waals surface area contributed by atoms with Gasteiger partial charge in [-0.3, -0.25) is 0 Å². The molecular weight excluding hydrogens is 322 g/mol. The lowest BCUT2D eigenvalue weighted by Gasteiger charge is -2.41. The van der Waals surface area contributed by atoms with Crippen LogP contribution in [0.2, 0.25) is 0 Å². The number of hydrogen-bond acceptors (Lipinski definition) is 3. The van der Waals surface area contributed by atoms with Gasteiger partial charge in [-0.25, -0.2) is 0 Å². The van der Waals surface area contributed by atoms with E-state index >= 15 is 0 Å². The Morgan fingerprint density at radius 3 is 2.17 bits per heavy atom. The minimum atomic E-state index is -1.32. The highest BCUT2D eigenvalue weighted by atomic mass is 35.5. The SMILES string of the molecule is COC1(OC)[C@@]2(Cl)C[C@H](CCO)[C@]1(Cl)C(Cl)=C2Cl. The summed E-state index contributed by atoms with van der Waals surface area (Å²) in [5.74, 6) is -1.49. The van der Waals surface area contributed by atoms with Gasteiger partial charge in [-0.15, -0.1) is 23.2 Å². The number of aliphatic hydroxyl groups is 1. The third-order valence-corrected chi connectivity index (χ3v) is 6.63. The maximum atomic E-state index is 9.15. The monoisotopic (exact) mass is 334 g/mol. The van der Waals surface area contributed by atoms with Crippen LogP contribution >= 0.6 is 46.4 Å². The summed E-state index contributed by atoms with van der Waals surface area (Å²) in [7, 11) is 2.91. The first-order chi connectivity index (χ1) is 8.35. The second-order valence-electron chi connectivity index (χ2n) is 4.58. The summed E-state index contributed by atoms with van der Waals surface area (Å²) in [5.41, 5.74) is 0. The fourth-order valence-electron chi connectivity index (χ4n) is 3.22. The molecule has 0 aromatic rings. The molecule has 0 saturated heterocycles. The maximum absolute atomic E-state index is 9.15. The molecule has 1 N–H and O–H groups in total. The molecule has 2 bridgehead atoms. The molecule has 1 fully saturated rings. The number of ether oxygens (including phenoxy) is 2. The van der Waals surface area contributed by atoms with Crippen molar-refractivity contribution < 1.29 is 14.6 Å². The maximum Gasteiger partial charge on any atom is 0.217 e. The minimum absolute atomic E-state index is 0.0165. The Balaban J connectivity index is 2.61. The molecule has 0 aliphatic heterocycles. The van der Waals surface area contributed by atoms with Crippen LogP contribution in [0, 0.1) is 5.92 Å². The molecule has 0 amide bonds. The van der Waals surface area contributed by atoms with Crippen molar-refractivity contribution in [2.75, 3.05) is 20.8 Å². The molecule has 104 valence electrons. The first kappa shape index (κ1) is 15.2. The summed E-state index contributed by atoms with van der Waals surface area (Å²) in [5, 5.41) is 9.65. The number of rotatable bonds is 4. The highest BCUT2D eigenvalue weighted by Crippen LogP contribution is 2.72. The van der Waals surface area contributed by atoms with E-state index in [0.717, 1.165) is 0 Å². The summed E-state index contributed by atoms with van der Waals surface area (Å²) < 4.78 is 11.0. The predicted molar refractivity (Wildman–Crippen MR) is 72.5 cm³/mol. The molecule has 3 atom stereocenters. The minimum Gasteiger partial charge on any atom is -0.396 e. The number of alkyl halides is 2. The van der Waals surface area contributed by atoms with Crippen molar-refractivity contribution in [3.8, 4) is 0 Å². The zero-order valence-electron chi connectivity index (χ0n) is 9.97. The molecule has 2 aliphatic carbocycles. The second-order valence-corrected chi connectivity index (χ2v) is 6.58. The van der Waals surface area contributed by atoms with E-state index in [0.29, 0.717) is 12.8 Å². The van der Waals surface area contributed by atoms with Crippen molar-refractivity contribution >= 4 is 46.4 Å². The smallest absolute Gasteiger partial charge is 0.217 e.